The number of hydrogen-bond acceptors (Lipinski definition) is 3. The molecule has 0 bridgehead atoms. The summed E-state index contributed by atoms with van der Waals surface area (Å²) >= 11 is 0. The number of rotatable bonds is 3. The zero-order valence-corrected chi connectivity index (χ0v) is 14.4. The maximum absolute atomic E-state index is 13.9. The second-order valence-electron chi connectivity index (χ2n) is 6.27. The van der Waals surface area contributed by atoms with Gasteiger partial charge < -0.3 is 5.73 Å². The van der Waals surface area contributed by atoms with Crippen molar-refractivity contribution < 1.29 is 13.2 Å². The van der Waals surface area contributed by atoms with Gasteiger partial charge in [0.15, 0.2) is 0 Å². The third-order valence-electron chi connectivity index (χ3n) is 4.55. The van der Waals surface area contributed by atoms with Crippen LogP contribution in [0.25, 0.3) is 5.69 Å². The maximum Gasteiger partial charge on any atom is 0.418 e. The lowest BCUT2D eigenvalue weighted by Gasteiger charge is -2.20. The van der Waals surface area contributed by atoms with E-state index in [-0.39, 0.29) is 12.2 Å². The van der Waals surface area contributed by atoms with Gasteiger partial charge in [0.2, 0.25) is 0 Å². The first-order chi connectivity index (χ1) is 13.0. The number of nitrogens with zero attached hydrogens (tertiary/aromatic N) is 3. The average molecular weight is 370 g/mol. The highest BCUT2D eigenvalue weighted by Crippen LogP contribution is 2.38. The van der Waals surface area contributed by atoms with E-state index in [2.05, 4.69) is 9.98 Å². The average Bonchev–Trinajstić information content (AvgIpc) is 2.96. The van der Waals surface area contributed by atoms with Crippen molar-refractivity contribution >= 4 is 5.71 Å². The van der Waals surface area contributed by atoms with Crippen LogP contribution in [0.4, 0.5) is 13.2 Å². The van der Waals surface area contributed by atoms with E-state index in [1.54, 1.807) is 16.8 Å². The van der Waals surface area contributed by atoms with Crippen molar-refractivity contribution in [1.82, 2.24) is 9.55 Å². The molecule has 4 nitrogen and oxygen atoms in total. The number of halogens is 3. The van der Waals surface area contributed by atoms with Crippen LogP contribution in [0, 0.1) is 0 Å². The van der Waals surface area contributed by atoms with Gasteiger partial charge in [0, 0.05) is 29.4 Å². The zero-order valence-electron chi connectivity index (χ0n) is 14.4. The standard InChI is InChI=1S/C20H17F3N4/c21-20(22,23)16-8-4-7-15-18(13-5-2-1-3-6-13)26-12-17-25-11-14(9-10-24)27(17)19(15)16/h1-8,11H,9-10,12,24H2. The van der Waals surface area contributed by atoms with Crippen molar-refractivity contribution in [2.24, 2.45) is 10.7 Å². The van der Waals surface area contributed by atoms with Crippen molar-refractivity contribution in [1.29, 1.82) is 0 Å². The van der Waals surface area contributed by atoms with Crippen molar-refractivity contribution in [3.63, 3.8) is 0 Å². The fraction of sp³-hybridized carbons (Fsp3) is 0.200. The van der Waals surface area contributed by atoms with Gasteiger partial charge in [-0.1, -0.05) is 42.5 Å². The Labute approximate surface area is 154 Å². The predicted molar refractivity (Wildman–Crippen MR) is 97.1 cm³/mol. The molecule has 2 aromatic carbocycles. The molecule has 1 aromatic heterocycles. The fourth-order valence-electron chi connectivity index (χ4n) is 3.42. The SMILES string of the molecule is NCCc1cnc2n1-c1c(cccc1C(F)(F)F)C(c1ccccc1)=NC2. The van der Waals surface area contributed by atoms with Crippen molar-refractivity contribution in [3.8, 4) is 5.69 Å². The lowest BCUT2D eigenvalue weighted by atomic mass is 9.97. The Balaban J connectivity index is 2.04. The normalized spacial score (nSPS) is 13.6. The van der Waals surface area contributed by atoms with Gasteiger partial charge in [0.1, 0.15) is 5.82 Å². The molecule has 138 valence electrons. The molecule has 4 rings (SSSR count). The van der Waals surface area contributed by atoms with Crippen molar-refractivity contribution in [2.75, 3.05) is 6.54 Å². The van der Waals surface area contributed by atoms with E-state index in [0.717, 1.165) is 11.6 Å². The number of fused-ring (bicyclic) bond motifs is 3. The topological polar surface area (TPSA) is 56.2 Å². The summed E-state index contributed by atoms with van der Waals surface area (Å²) in [7, 11) is 0. The number of aromatic nitrogens is 2. The smallest absolute Gasteiger partial charge is 0.330 e. The predicted octanol–water partition coefficient (Wildman–Crippen LogP) is 3.74. The van der Waals surface area contributed by atoms with Gasteiger partial charge in [-0.25, -0.2) is 4.98 Å². The summed E-state index contributed by atoms with van der Waals surface area (Å²) < 4.78 is 43.1. The van der Waals surface area contributed by atoms with E-state index in [1.165, 1.54) is 6.07 Å². The fourth-order valence-corrected chi connectivity index (χ4v) is 3.42. The highest BCUT2D eigenvalue weighted by Gasteiger charge is 2.37. The highest BCUT2D eigenvalue weighted by molar-refractivity contribution is 6.15. The molecule has 0 saturated heterocycles. The molecule has 0 aliphatic carbocycles. The van der Waals surface area contributed by atoms with E-state index < -0.39 is 11.7 Å². The van der Waals surface area contributed by atoms with Crippen LogP contribution in [0.15, 0.2) is 59.7 Å². The first kappa shape index (κ1) is 17.5. The third kappa shape index (κ3) is 3.04. The Kier molecular flexibility index (Phi) is 4.31. The van der Waals surface area contributed by atoms with Crippen LogP contribution in [-0.2, 0) is 19.1 Å². The summed E-state index contributed by atoms with van der Waals surface area (Å²) in [5.74, 6) is 0.474. The number of alkyl halides is 3. The molecular formula is C20H17F3N4. The highest BCUT2D eigenvalue weighted by atomic mass is 19.4. The molecule has 2 N–H and O–H groups in total. The molecule has 1 aliphatic rings. The first-order valence-electron chi connectivity index (χ1n) is 8.57. The Bertz CT molecular complexity index is 1000. The van der Waals surface area contributed by atoms with E-state index in [9.17, 15) is 13.2 Å². The quantitative estimate of drug-likeness (QED) is 0.764. The van der Waals surface area contributed by atoms with Crippen LogP contribution in [0.5, 0.6) is 0 Å². The molecule has 0 fully saturated rings. The van der Waals surface area contributed by atoms with Crippen LogP contribution >= 0.6 is 0 Å². The van der Waals surface area contributed by atoms with Crippen molar-refractivity contribution in [3.05, 3.63) is 82.9 Å². The maximum atomic E-state index is 13.9. The lowest BCUT2D eigenvalue weighted by Crippen LogP contribution is -2.18. The van der Waals surface area contributed by atoms with Gasteiger partial charge in [-0.05, 0) is 12.6 Å². The van der Waals surface area contributed by atoms with Gasteiger partial charge in [-0.2, -0.15) is 13.2 Å². The Hall–Kier alpha value is -2.93. The monoisotopic (exact) mass is 370 g/mol. The first-order valence-corrected chi connectivity index (χ1v) is 8.57. The Morgan fingerprint density at radius 1 is 1.04 bits per heavy atom. The van der Waals surface area contributed by atoms with Crippen LogP contribution in [-0.4, -0.2) is 21.8 Å². The van der Waals surface area contributed by atoms with Crippen LogP contribution in [0.2, 0.25) is 0 Å². The molecule has 0 amide bonds. The summed E-state index contributed by atoms with van der Waals surface area (Å²) in [5, 5.41) is 0. The molecule has 7 heteroatoms. The number of hydrogen-bond donors (Lipinski definition) is 1. The summed E-state index contributed by atoms with van der Waals surface area (Å²) in [6.07, 6.45) is -2.49. The largest absolute Gasteiger partial charge is 0.418 e. The van der Waals surface area contributed by atoms with E-state index >= 15 is 0 Å². The molecule has 27 heavy (non-hydrogen) atoms. The minimum Gasteiger partial charge on any atom is -0.330 e. The molecule has 0 spiro atoms. The second kappa shape index (κ2) is 6.66. The molecule has 0 radical (unpaired) electrons. The minimum absolute atomic E-state index is 0.0704. The molecule has 0 saturated carbocycles. The number of imidazole rings is 1. The van der Waals surface area contributed by atoms with Gasteiger partial charge in [-0.3, -0.25) is 9.56 Å². The summed E-state index contributed by atoms with van der Waals surface area (Å²) in [5.41, 5.74) is 7.41. The van der Waals surface area contributed by atoms with Crippen LogP contribution in [0.3, 0.4) is 0 Å². The number of para-hydroxylation sites is 1. The van der Waals surface area contributed by atoms with Gasteiger partial charge in [0.05, 0.1) is 23.5 Å². The van der Waals surface area contributed by atoms with Crippen molar-refractivity contribution in [2.45, 2.75) is 19.1 Å². The third-order valence-corrected chi connectivity index (χ3v) is 4.55. The van der Waals surface area contributed by atoms with Gasteiger partial charge in [0.25, 0.3) is 0 Å². The number of nitrogens with two attached hydrogens (primary N) is 1. The van der Waals surface area contributed by atoms with Crippen LogP contribution < -0.4 is 5.73 Å². The zero-order chi connectivity index (χ0) is 19.0. The molecule has 3 aromatic rings. The molecular weight excluding hydrogens is 353 g/mol. The summed E-state index contributed by atoms with van der Waals surface area (Å²) in [6, 6.07) is 13.4. The summed E-state index contributed by atoms with van der Waals surface area (Å²) in [6.45, 7) is 0.516. The summed E-state index contributed by atoms with van der Waals surface area (Å²) in [4.78, 5) is 8.93. The molecule has 1 aliphatic heterocycles. The minimum atomic E-state index is -4.50. The van der Waals surface area contributed by atoms with Gasteiger partial charge in [-0.15, -0.1) is 0 Å². The lowest BCUT2D eigenvalue weighted by molar-refractivity contribution is -0.137. The van der Waals surface area contributed by atoms with Crippen LogP contribution in [0.1, 0.15) is 28.2 Å². The number of benzene rings is 2. The Morgan fingerprint density at radius 3 is 2.52 bits per heavy atom. The molecule has 0 unspecified atom stereocenters. The van der Waals surface area contributed by atoms with E-state index in [4.69, 9.17) is 5.73 Å². The molecule has 2 heterocycles. The molecule has 0 atom stereocenters. The van der Waals surface area contributed by atoms with Gasteiger partial charge >= 0.3 is 6.18 Å². The van der Waals surface area contributed by atoms with E-state index in [0.29, 0.717) is 35.8 Å². The van der Waals surface area contributed by atoms with E-state index in [1.807, 2.05) is 30.3 Å². The number of aliphatic imine (C=N–C) groups is 1. The second-order valence-corrected chi connectivity index (χ2v) is 6.27. The Morgan fingerprint density at radius 2 is 1.81 bits per heavy atom.